The summed E-state index contributed by atoms with van der Waals surface area (Å²) in [5, 5.41) is 14.6. The number of carbonyl (C=O) groups excluding carboxylic acids is 3. The average Bonchev–Trinajstić information content (AvgIpc) is 3.23. The second-order valence-electron chi connectivity index (χ2n) is 8.44. The molecular weight excluding hydrogens is 571 g/mol. The van der Waals surface area contributed by atoms with E-state index in [0.29, 0.717) is 25.4 Å². The van der Waals surface area contributed by atoms with Gasteiger partial charge in [-0.2, -0.15) is 13.2 Å². The number of carboxylic acids is 1. The van der Waals surface area contributed by atoms with Crippen molar-refractivity contribution >= 4 is 46.2 Å². The number of halogens is 4. The topological polar surface area (TPSA) is 168 Å². The number of aromatic nitrogens is 4. The highest BCUT2D eigenvalue weighted by Crippen LogP contribution is 2.22. The molecule has 0 radical (unpaired) electrons. The highest BCUT2D eigenvalue weighted by molar-refractivity contribution is 6.29. The molecule has 0 bridgehead atoms. The second-order valence-corrected chi connectivity index (χ2v) is 8.83. The van der Waals surface area contributed by atoms with Crippen LogP contribution >= 0.6 is 11.6 Å². The number of imidazole rings is 1. The molecule has 12 nitrogen and oxygen atoms in total. The summed E-state index contributed by atoms with van der Waals surface area (Å²) < 4.78 is 41.5. The van der Waals surface area contributed by atoms with Crippen molar-refractivity contribution in [3.8, 4) is 5.75 Å². The van der Waals surface area contributed by atoms with Gasteiger partial charge < -0.3 is 31.0 Å². The van der Waals surface area contributed by atoms with Crippen molar-refractivity contribution in [1.82, 2.24) is 25.2 Å². The zero-order valence-electron chi connectivity index (χ0n) is 22.7. The fourth-order valence-electron chi connectivity index (χ4n) is 3.75. The molecule has 4 N–H and O–H groups in total. The first-order chi connectivity index (χ1) is 19.3. The largest absolute Gasteiger partial charge is 0.542 e. The molecule has 0 saturated heterocycles. The molecule has 2 heterocycles. The lowest BCUT2D eigenvalue weighted by Crippen LogP contribution is -2.40. The van der Waals surface area contributed by atoms with Crippen molar-refractivity contribution in [3.05, 3.63) is 41.1 Å². The van der Waals surface area contributed by atoms with Crippen LogP contribution in [0.15, 0.2) is 24.4 Å². The van der Waals surface area contributed by atoms with Gasteiger partial charge in [-0.1, -0.05) is 24.9 Å². The van der Waals surface area contributed by atoms with Crippen molar-refractivity contribution < 1.29 is 42.0 Å². The molecule has 2 amide bonds. The molecule has 0 atom stereocenters. The molecule has 1 aromatic carbocycles. The summed E-state index contributed by atoms with van der Waals surface area (Å²) in [6.07, 6.45) is -1.94. The summed E-state index contributed by atoms with van der Waals surface area (Å²) >= 11 is 5.86. The lowest BCUT2D eigenvalue weighted by Gasteiger charge is -2.07. The zero-order valence-corrected chi connectivity index (χ0v) is 23.4. The van der Waals surface area contributed by atoms with Gasteiger partial charge in [-0.3, -0.25) is 9.59 Å². The average molecular weight is 602 g/mol. The molecule has 0 aliphatic rings. The summed E-state index contributed by atoms with van der Waals surface area (Å²) in [6.45, 7) is 8.37. The van der Waals surface area contributed by atoms with Gasteiger partial charge >= 0.3 is 6.18 Å². The molecule has 0 saturated carbocycles. The smallest absolute Gasteiger partial charge is 0.430 e. The van der Waals surface area contributed by atoms with Crippen molar-refractivity contribution in [2.75, 3.05) is 18.9 Å². The first-order valence-electron chi connectivity index (χ1n) is 12.6. The van der Waals surface area contributed by atoms with Crippen molar-refractivity contribution in [1.29, 1.82) is 0 Å². The Balaban J connectivity index is 0.000000745. The molecule has 16 heteroatoms. The van der Waals surface area contributed by atoms with Crippen molar-refractivity contribution in [3.63, 3.8) is 0 Å². The van der Waals surface area contributed by atoms with E-state index in [2.05, 4.69) is 36.7 Å². The van der Waals surface area contributed by atoms with Gasteiger partial charge in [0.15, 0.2) is 29.2 Å². The van der Waals surface area contributed by atoms with E-state index in [9.17, 15) is 22.8 Å². The molecule has 3 rings (SSSR count). The van der Waals surface area contributed by atoms with Crippen LogP contribution in [0.1, 0.15) is 49.9 Å². The van der Waals surface area contributed by atoms with E-state index in [0.717, 1.165) is 29.7 Å². The zero-order chi connectivity index (χ0) is 30.7. The number of aryl methyl sites for hydroxylation is 2. The van der Waals surface area contributed by atoms with Gasteiger partial charge in [-0.25, -0.2) is 19.1 Å². The number of ether oxygens (including phenoxy) is 1. The van der Waals surface area contributed by atoms with Gasteiger partial charge in [-0.15, -0.1) is 0 Å². The Morgan fingerprint density at radius 1 is 1.20 bits per heavy atom. The van der Waals surface area contributed by atoms with E-state index in [1.54, 1.807) is 0 Å². The minimum absolute atomic E-state index is 0.0115. The summed E-state index contributed by atoms with van der Waals surface area (Å²) in [7, 11) is 0. The van der Waals surface area contributed by atoms with Gasteiger partial charge in [0, 0.05) is 12.6 Å². The quantitative estimate of drug-likeness (QED) is 0.219. The molecule has 3 aromatic rings. The summed E-state index contributed by atoms with van der Waals surface area (Å²) in [4.78, 5) is 41.3. The third-order valence-electron chi connectivity index (χ3n) is 5.63. The fourth-order valence-corrected chi connectivity index (χ4v) is 3.88. The van der Waals surface area contributed by atoms with Crippen LogP contribution in [0, 0.1) is 0 Å². The summed E-state index contributed by atoms with van der Waals surface area (Å²) in [6, 6.07) is 5.72. The number of alkyl halides is 3. The number of hydrogen-bond acceptors (Lipinski definition) is 8. The maximum atomic E-state index is 12.7. The second kappa shape index (κ2) is 15.0. The Labute approximate surface area is 238 Å². The van der Waals surface area contributed by atoms with Crippen LogP contribution in [0.25, 0.3) is 11.0 Å². The molecule has 0 fully saturated rings. The van der Waals surface area contributed by atoms with Crippen molar-refractivity contribution in [2.45, 2.75) is 59.4 Å². The Bertz CT molecular complexity index is 1380. The monoisotopic (exact) mass is 601 g/mol. The van der Waals surface area contributed by atoms with Crippen LogP contribution in [0.4, 0.5) is 19.0 Å². The molecule has 41 heavy (non-hydrogen) atoms. The molecule has 0 aliphatic heterocycles. The number of carbonyl (C=O) groups is 3. The van der Waals surface area contributed by atoms with E-state index in [1.165, 1.54) is 6.20 Å². The van der Waals surface area contributed by atoms with Gasteiger partial charge in [0.1, 0.15) is 23.4 Å². The minimum Gasteiger partial charge on any atom is -0.542 e. The first kappa shape index (κ1) is 33.1. The van der Waals surface area contributed by atoms with E-state index >= 15 is 0 Å². The fraction of sp³-hybridized carbons (Fsp3) is 0.440. The van der Waals surface area contributed by atoms with E-state index in [-0.39, 0.29) is 35.7 Å². The van der Waals surface area contributed by atoms with Crippen LogP contribution in [0.5, 0.6) is 5.75 Å². The third-order valence-corrected chi connectivity index (χ3v) is 5.81. The standard InChI is InChI=1S/C23H30ClN7O3.C2HF3O2/c1-4-7-10-26-19(32)14-34-15-8-9-16-17(11-15)31(6-3)20(30(16)5-2)13-28-23(33)21-22(25)27-12-18(24)29-21;3-2(4,5)1(6)7/h8-9,11-12H,4-7,10,13-14H2,1-3H3,(H3-,25,26,27,28,32,33);(H,6,7). The first-order valence-corrected chi connectivity index (χ1v) is 13.0. The molecule has 0 spiro atoms. The molecule has 224 valence electrons. The maximum Gasteiger partial charge on any atom is 0.430 e. The molecule has 0 aliphatic carbocycles. The van der Waals surface area contributed by atoms with Crippen LogP contribution in [0.2, 0.25) is 5.15 Å². The molecule has 0 unspecified atom stereocenters. The summed E-state index contributed by atoms with van der Waals surface area (Å²) in [5.41, 5.74) is 7.72. The highest BCUT2D eigenvalue weighted by Gasteiger charge is 2.29. The SMILES string of the molecule is CCCCNC(=O)COc1ccc2c(c1)n(CC)c(CNC(=O)c1nc(Cl)cnc1N)[n+]2CC.O=C([O-])C(F)(F)F. The number of fused-ring (bicyclic) bond motifs is 1. The number of unbranched alkanes of at least 4 members (excludes halogenated alkanes) is 1. The number of nitrogens with zero attached hydrogens (tertiary/aromatic N) is 4. The lowest BCUT2D eigenvalue weighted by molar-refractivity contribution is -0.676. The van der Waals surface area contributed by atoms with E-state index < -0.39 is 18.1 Å². The number of benzene rings is 1. The van der Waals surface area contributed by atoms with Gasteiger partial charge in [-0.05, 0) is 32.4 Å². The van der Waals surface area contributed by atoms with Crippen LogP contribution in [-0.4, -0.2) is 51.6 Å². The number of carboxylic acid groups (broad SMARTS) is 1. The number of nitrogen functional groups attached to an aromatic ring is 1. The van der Waals surface area contributed by atoms with Crippen LogP contribution < -0.4 is 30.8 Å². The Hall–Kier alpha value is -4.14. The van der Waals surface area contributed by atoms with Crippen molar-refractivity contribution in [2.24, 2.45) is 0 Å². The highest BCUT2D eigenvalue weighted by atomic mass is 35.5. The number of amides is 2. The molecule has 2 aromatic heterocycles. The number of nitrogens with two attached hydrogens (primary N) is 1. The minimum atomic E-state index is -5.19. The van der Waals surface area contributed by atoms with Gasteiger partial charge in [0.2, 0.25) is 0 Å². The number of aliphatic carboxylic acids is 1. The maximum absolute atomic E-state index is 12.7. The molecular formula is C25H31ClF3N7O5. The summed E-state index contributed by atoms with van der Waals surface area (Å²) in [5.74, 6) is -2.09. The number of nitrogens with one attached hydrogen (secondary N) is 2. The van der Waals surface area contributed by atoms with Crippen LogP contribution in [0.3, 0.4) is 0 Å². The predicted molar refractivity (Wildman–Crippen MR) is 141 cm³/mol. The van der Waals surface area contributed by atoms with E-state index in [1.807, 2.05) is 32.0 Å². The Morgan fingerprint density at radius 3 is 2.46 bits per heavy atom. The van der Waals surface area contributed by atoms with E-state index in [4.69, 9.17) is 32.0 Å². The number of anilines is 1. The Kier molecular flexibility index (Phi) is 12.1. The lowest BCUT2D eigenvalue weighted by atomic mass is 10.3. The number of hydrogen-bond donors (Lipinski definition) is 3. The Morgan fingerprint density at radius 2 is 1.88 bits per heavy atom. The van der Waals surface area contributed by atoms with Crippen LogP contribution in [-0.2, 0) is 29.2 Å². The number of rotatable bonds is 11. The third kappa shape index (κ3) is 9.20. The van der Waals surface area contributed by atoms with Gasteiger partial charge in [0.25, 0.3) is 17.6 Å². The predicted octanol–water partition coefficient (Wildman–Crippen LogP) is 1.52. The normalized spacial score (nSPS) is 11.0. The van der Waals surface area contributed by atoms with Gasteiger partial charge in [0.05, 0.1) is 19.3 Å².